The van der Waals surface area contributed by atoms with Crippen LogP contribution >= 0.6 is 0 Å². The van der Waals surface area contributed by atoms with Crippen LogP contribution in [-0.2, 0) is 11.2 Å². The van der Waals surface area contributed by atoms with E-state index in [1.54, 1.807) is 0 Å². The van der Waals surface area contributed by atoms with Gasteiger partial charge >= 0.3 is 0 Å². The van der Waals surface area contributed by atoms with Crippen molar-refractivity contribution in [2.45, 2.75) is 18.9 Å². The Kier molecular flexibility index (Phi) is 2.50. The predicted octanol–water partition coefficient (Wildman–Crippen LogP) is 0.0134. The van der Waals surface area contributed by atoms with Crippen LogP contribution in [0.2, 0.25) is 0 Å². The van der Waals surface area contributed by atoms with Gasteiger partial charge in [-0.25, -0.2) is 0 Å². The first-order chi connectivity index (χ1) is 6.77. The topological polar surface area (TPSA) is 52.2 Å². The zero-order chi connectivity index (χ0) is 9.97. The Morgan fingerprint density at radius 3 is 3.07 bits per heavy atom. The molecule has 74 valence electrons. The first kappa shape index (κ1) is 9.21. The van der Waals surface area contributed by atoms with E-state index in [0.717, 1.165) is 18.5 Å². The van der Waals surface area contributed by atoms with Gasteiger partial charge in [-0.05, 0) is 24.1 Å². The summed E-state index contributed by atoms with van der Waals surface area (Å²) in [7, 11) is 0. The third kappa shape index (κ3) is 1.77. The molecule has 1 aromatic carbocycles. The largest absolute Gasteiger partial charge is 0.550 e. The van der Waals surface area contributed by atoms with Crippen molar-refractivity contribution >= 4 is 5.97 Å². The van der Waals surface area contributed by atoms with Crippen LogP contribution in [0.1, 0.15) is 23.6 Å². The number of rotatable bonds is 2. The fourth-order valence-electron chi connectivity index (χ4n) is 1.94. The zero-order valence-corrected chi connectivity index (χ0v) is 7.82. The van der Waals surface area contributed by atoms with Gasteiger partial charge in [0.1, 0.15) is 0 Å². The standard InChI is InChI=1S/C11H13NO2/c13-11(14)7-10-9-4-2-1-3-8(9)5-6-12-10/h1-4,10,12H,5-7H2,(H,13,14)/p-1. The lowest BCUT2D eigenvalue weighted by Gasteiger charge is -2.27. The van der Waals surface area contributed by atoms with E-state index < -0.39 is 5.97 Å². The second-order valence-electron chi connectivity index (χ2n) is 3.53. The quantitative estimate of drug-likeness (QED) is 0.715. The molecule has 1 N–H and O–H groups in total. The molecule has 0 aromatic heterocycles. The Morgan fingerprint density at radius 1 is 1.50 bits per heavy atom. The molecule has 3 nitrogen and oxygen atoms in total. The molecule has 1 aliphatic rings. The Hall–Kier alpha value is -1.35. The van der Waals surface area contributed by atoms with Crippen molar-refractivity contribution in [2.24, 2.45) is 0 Å². The van der Waals surface area contributed by atoms with Crippen molar-refractivity contribution in [1.29, 1.82) is 0 Å². The van der Waals surface area contributed by atoms with Gasteiger partial charge in [0.2, 0.25) is 0 Å². The minimum absolute atomic E-state index is 0.0526. The maximum absolute atomic E-state index is 10.5. The van der Waals surface area contributed by atoms with E-state index in [1.807, 2.05) is 18.2 Å². The molecule has 2 rings (SSSR count). The summed E-state index contributed by atoms with van der Waals surface area (Å²) in [6, 6.07) is 7.88. The Morgan fingerprint density at radius 2 is 2.29 bits per heavy atom. The van der Waals surface area contributed by atoms with Crippen LogP contribution in [0, 0.1) is 0 Å². The summed E-state index contributed by atoms with van der Waals surface area (Å²) in [6.45, 7) is 0.842. The average Bonchev–Trinajstić information content (AvgIpc) is 2.18. The molecule has 1 unspecified atom stereocenters. The highest BCUT2D eigenvalue weighted by molar-refractivity contribution is 5.65. The Balaban J connectivity index is 2.26. The van der Waals surface area contributed by atoms with Gasteiger partial charge < -0.3 is 15.2 Å². The molecule has 0 radical (unpaired) electrons. The number of fused-ring (bicyclic) bond motifs is 1. The fourth-order valence-corrected chi connectivity index (χ4v) is 1.94. The third-order valence-corrected chi connectivity index (χ3v) is 2.59. The predicted molar refractivity (Wildman–Crippen MR) is 50.5 cm³/mol. The minimum Gasteiger partial charge on any atom is -0.550 e. The van der Waals surface area contributed by atoms with Crippen LogP contribution in [0.4, 0.5) is 0 Å². The fraction of sp³-hybridized carbons (Fsp3) is 0.364. The molecule has 0 amide bonds. The number of carbonyl (C=O) groups excluding carboxylic acids is 1. The van der Waals surface area contributed by atoms with Gasteiger partial charge in [-0.15, -0.1) is 0 Å². The van der Waals surface area contributed by atoms with Crippen molar-refractivity contribution in [3.8, 4) is 0 Å². The van der Waals surface area contributed by atoms with E-state index in [0.29, 0.717) is 0 Å². The highest BCUT2D eigenvalue weighted by atomic mass is 16.4. The van der Waals surface area contributed by atoms with Crippen molar-refractivity contribution in [1.82, 2.24) is 5.32 Å². The molecule has 1 aliphatic heterocycles. The van der Waals surface area contributed by atoms with Crippen LogP contribution in [0.3, 0.4) is 0 Å². The number of benzene rings is 1. The number of carboxylic acid groups (broad SMARTS) is 1. The number of hydrogen-bond donors (Lipinski definition) is 1. The number of nitrogens with one attached hydrogen (secondary N) is 1. The highest BCUT2D eigenvalue weighted by Crippen LogP contribution is 2.24. The highest BCUT2D eigenvalue weighted by Gasteiger charge is 2.18. The normalized spacial score (nSPS) is 20.1. The first-order valence-electron chi connectivity index (χ1n) is 4.78. The van der Waals surface area contributed by atoms with Crippen LogP contribution in [0.15, 0.2) is 24.3 Å². The van der Waals surface area contributed by atoms with Crippen molar-refractivity contribution in [2.75, 3.05) is 6.54 Å². The summed E-state index contributed by atoms with van der Waals surface area (Å²) < 4.78 is 0. The van der Waals surface area contributed by atoms with Crippen LogP contribution in [0.25, 0.3) is 0 Å². The van der Waals surface area contributed by atoms with Crippen LogP contribution in [-0.4, -0.2) is 12.5 Å². The molecular formula is C11H12NO2-. The van der Waals surface area contributed by atoms with Gasteiger partial charge in [-0.1, -0.05) is 24.3 Å². The monoisotopic (exact) mass is 190 g/mol. The van der Waals surface area contributed by atoms with E-state index in [2.05, 4.69) is 11.4 Å². The summed E-state index contributed by atoms with van der Waals surface area (Å²) in [4.78, 5) is 10.5. The number of hydrogen-bond acceptors (Lipinski definition) is 3. The number of aliphatic carboxylic acids is 1. The van der Waals surface area contributed by atoms with E-state index in [4.69, 9.17) is 0 Å². The van der Waals surface area contributed by atoms with Gasteiger partial charge in [0.05, 0.1) is 0 Å². The summed E-state index contributed by atoms with van der Waals surface area (Å²) >= 11 is 0. The maximum Gasteiger partial charge on any atom is 0.0433 e. The van der Waals surface area contributed by atoms with Crippen LogP contribution < -0.4 is 10.4 Å². The molecular weight excluding hydrogens is 178 g/mol. The van der Waals surface area contributed by atoms with Crippen molar-refractivity contribution < 1.29 is 9.90 Å². The molecule has 1 atom stereocenters. The van der Waals surface area contributed by atoms with E-state index in [9.17, 15) is 9.90 Å². The molecule has 0 fully saturated rings. The molecule has 0 aliphatic carbocycles. The summed E-state index contributed by atoms with van der Waals surface area (Å²) in [5, 5.41) is 13.7. The van der Waals surface area contributed by atoms with Crippen LogP contribution in [0.5, 0.6) is 0 Å². The lowest BCUT2D eigenvalue weighted by Crippen LogP contribution is -2.35. The minimum atomic E-state index is -1.00. The van der Waals surface area contributed by atoms with E-state index in [1.165, 1.54) is 5.56 Å². The molecule has 14 heavy (non-hydrogen) atoms. The van der Waals surface area contributed by atoms with Gasteiger partial charge in [-0.2, -0.15) is 0 Å². The number of carbonyl (C=O) groups is 1. The Labute approximate surface area is 82.8 Å². The summed E-state index contributed by atoms with van der Waals surface area (Å²) in [5.41, 5.74) is 2.35. The first-order valence-corrected chi connectivity index (χ1v) is 4.78. The zero-order valence-electron chi connectivity index (χ0n) is 7.82. The second kappa shape index (κ2) is 3.80. The van der Waals surface area contributed by atoms with Crippen molar-refractivity contribution in [3.05, 3.63) is 35.4 Å². The second-order valence-corrected chi connectivity index (χ2v) is 3.53. The molecule has 0 saturated heterocycles. The van der Waals surface area contributed by atoms with Gasteiger partial charge in [0.15, 0.2) is 0 Å². The van der Waals surface area contributed by atoms with Gasteiger partial charge in [0.25, 0.3) is 0 Å². The lowest BCUT2D eigenvalue weighted by molar-refractivity contribution is -0.306. The lowest BCUT2D eigenvalue weighted by atomic mass is 9.93. The maximum atomic E-state index is 10.5. The molecule has 3 heteroatoms. The SMILES string of the molecule is O=C([O-])CC1NCCc2ccccc21. The smallest absolute Gasteiger partial charge is 0.0433 e. The van der Waals surface area contributed by atoms with Crippen molar-refractivity contribution in [3.63, 3.8) is 0 Å². The van der Waals surface area contributed by atoms with Gasteiger partial charge in [-0.3, -0.25) is 0 Å². The average molecular weight is 190 g/mol. The molecule has 0 bridgehead atoms. The third-order valence-electron chi connectivity index (χ3n) is 2.59. The van der Waals surface area contributed by atoms with E-state index in [-0.39, 0.29) is 12.5 Å². The molecule has 0 spiro atoms. The molecule has 1 heterocycles. The summed E-state index contributed by atoms with van der Waals surface area (Å²) in [5.74, 6) is -1.00. The summed E-state index contributed by atoms with van der Waals surface area (Å²) in [6.07, 6.45) is 1.02. The molecule has 0 saturated carbocycles. The van der Waals surface area contributed by atoms with Gasteiger partial charge in [0, 0.05) is 18.4 Å². The number of carboxylic acids is 1. The molecule has 1 aromatic rings. The van der Waals surface area contributed by atoms with E-state index >= 15 is 0 Å². The Bertz CT molecular complexity index is 349.